The molecule has 0 amide bonds. The monoisotopic (exact) mass is 409 g/mol. The summed E-state index contributed by atoms with van der Waals surface area (Å²) in [5, 5.41) is 3.82. The third-order valence-corrected chi connectivity index (χ3v) is 5.96. The van der Waals surface area contributed by atoms with Crippen molar-refractivity contribution in [2.24, 2.45) is 0 Å². The molecule has 0 saturated heterocycles. The molecule has 1 N–H and O–H groups in total. The molecule has 0 atom stereocenters. The maximum atomic E-state index is 11.6. The smallest absolute Gasteiger partial charge is 0.333 e. The van der Waals surface area contributed by atoms with Gasteiger partial charge in [-0.25, -0.2) is 4.79 Å². The van der Waals surface area contributed by atoms with Crippen LogP contribution in [-0.4, -0.2) is 24.7 Å². The first kappa shape index (κ1) is 28.2. The number of unbranched alkanes of at least 4 members (excludes halogenated alkanes) is 10. The first-order valence-electron chi connectivity index (χ1n) is 12.6. The van der Waals surface area contributed by atoms with Crippen molar-refractivity contribution in [2.45, 2.75) is 136 Å². The topological polar surface area (TPSA) is 38.3 Å². The van der Waals surface area contributed by atoms with Crippen LogP contribution in [0.2, 0.25) is 0 Å². The highest BCUT2D eigenvalue weighted by atomic mass is 16.5. The third kappa shape index (κ3) is 15.6. The van der Waals surface area contributed by atoms with Crippen LogP contribution >= 0.6 is 0 Å². The van der Waals surface area contributed by atoms with Gasteiger partial charge in [0.05, 0.1) is 0 Å². The van der Waals surface area contributed by atoms with Crippen LogP contribution in [0.15, 0.2) is 12.2 Å². The normalized spacial score (nSPS) is 11.6. The van der Waals surface area contributed by atoms with Crippen LogP contribution < -0.4 is 5.32 Å². The molecule has 3 heteroatoms. The zero-order valence-corrected chi connectivity index (χ0v) is 20.3. The molecule has 0 aromatic heterocycles. The van der Waals surface area contributed by atoms with E-state index < -0.39 is 0 Å². The van der Waals surface area contributed by atoms with E-state index in [-0.39, 0.29) is 11.5 Å². The largest absolute Gasteiger partial charge is 0.461 e. The van der Waals surface area contributed by atoms with Crippen molar-refractivity contribution in [3.63, 3.8) is 0 Å². The van der Waals surface area contributed by atoms with Crippen LogP contribution in [0.4, 0.5) is 0 Å². The van der Waals surface area contributed by atoms with E-state index in [0.717, 1.165) is 6.54 Å². The van der Waals surface area contributed by atoms with Gasteiger partial charge in [-0.2, -0.15) is 0 Å². The Labute approximate surface area is 182 Å². The molecule has 0 aliphatic carbocycles. The molecular formula is C26H51NO2. The van der Waals surface area contributed by atoms with Crippen molar-refractivity contribution in [1.82, 2.24) is 5.32 Å². The molecule has 0 saturated carbocycles. The second-order valence-electron chi connectivity index (χ2n) is 8.91. The Morgan fingerprint density at radius 2 is 1.21 bits per heavy atom. The number of esters is 1. The van der Waals surface area contributed by atoms with Crippen molar-refractivity contribution in [3.05, 3.63) is 12.2 Å². The maximum absolute atomic E-state index is 11.6. The number of ether oxygens (including phenoxy) is 1. The Balaban J connectivity index is 4.40. The van der Waals surface area contributed by atoms with E-state index in [1.54, 1.807) is 6.92 Å². The van der Waals surface area contributed by atoms with E-state index >= 15 is 0 Å². The lowest BCUT2D eigenvalue weighted by Crippen LogP contribution is -2.47. The number of carbonyl (C=O) groups excluding carboxylic acids is 1. The SMILES string of the molecule is C=C(C)C(=O)OCCNC(CCCC)(CCCC)CCCCCCCCCCC. The molecule has 0 aliphatic rings. The fourth-order valence-corrected chi connectivity index (χ4v) is 4.03. The lowest BCUT2D eigenvalue weighted by molar-refractivity contribution is -0.138. The number of hydrogen-bond acceptors (Lipinski definition) is 3. The fourth-order valence-electron chi connectivity index (χ4n) is 4.03. The molecule has 0 aromatic rings. The van der Waals surface area contributed by atoms with Crippen LogP contribution in [0.5, 0.6) is 0 Å². The molecule has 0 bridgehead atoms. The van der Waals surface area contributed by atoms with E-state index in [1.165, 1.54) is 103 Å². The first-order valence-corrected chi connectivity index (χ1v) is 12.6. The molecule has 172 valence electrons. The molecule has 0 heterocycles. The van der Waals surface area contributed by atoms with Crippen LogP contribution in [-0.2, 0) is 9.53 Å². The summed E-state index contributed by atoms with van der Waals surface area (Å²) in [6.07, 6.45) is 21.1. The molecular weight excluding hydrogens is 358 g/mol. The summed E-state index contributed by atoms with van der Waals surface area (Å²) < 4.78 is 5.30. The third-order valence-electron chi connectivity index (χ3n) is 5.96. The molecule has 3 nitrogen and oxygen atoms in total. The minimum absolute atomic E-state index is 0.211. The summed E-state index contributed by atoms with van der Waals surface area (Å²) in [5.74, 6) is -0.279. The highest BCUT2D eigenvalue weighted by molar-refractivity contribution is 5.86. The number of rotatable bonds is 21. The standard InChI is InChI=1S/C26H51NO2/c1-6-9-12-13-14-15-16-17-18-21-26(19-10-7-2,20-11-8-3)27-22-23-29-25(28)24(4)5/h27H,4,6-23H2,1-3,5H3. The minimum atomic E-state index is -0.279. The summed E-state index contributed by atoms with van der Waals surface area (Å²) in [4.78, 5) is 11.6. The van der Waals surface area contributed by atoms with Crippen molar-refractivity contribution in [2.75, 3.05) is 13.2 Å². The highest BCUT2D eigenvalue weighted by Gasteiger charge is 2.27. The zero-order chi connectivity index (χ0) is 21.8. The minimum Gasteiger partial charge on any atom is -0.461 e. The van der Waals surface area contributed by atoms with Crippen molar-refractivity contribution >= 4 is 5.97 Å². The van der Waals surface area contributed by atoms with Gasteiger partial charge in [-0.15, -0.1) is 0 Å². The summed E-state index contributed by atoms with van der Waals surface area (Å²) >= 11 is 0. The summed E-state index contributed by atoms with van der Waals surface area (Å²) in [5.41, 5.74) is 0.686. The average Bonchev–Trinajstić information content (AvgIpc) is 2.72. The van der Waals surface area contributed by atoms with Crippen molar-refractivity contribution < 1.29 is 9.53 Å². The van der Waals surface area contributed by atoms with Crippen LogP contribution in [0.1, 0.15) is 130 Å². The van der Waals surface area contributed by atoms with E-state index in [1.807, 2.05) is 0 Å². The molecule has 0 aliphatic heterocycles. The summed E-state index contributed by atoms with van der Waals surface area (Å²) in [6.45, 7) is 13.4. The van der Waals surface area contributed by atoms with E-state index in [0.29, 0.717) is 12.2 Å². The van der Waals surface area contributed by atoms with Gasteiger partial charge in [0.15, 0.2) is 0 Å². The Bertz CT molecular complexity index is 398. The van der Waals surface area contributed by atoms with E-state index in [4.69, 9.17) is 4.74 Å². The number of hydrogen-bond donors (Lipinski definition) is 1. The summed E-state index contributed by atoms with van der Waals surface area (Å²) in [7, 11) is 0. The Morgan fingerprint density at radius 3 is 1.69 bits per heavy atom. The molecule has 0 rings (SSSR count). The predicted octanol–water partition coefficient (Wildman–Crippen LogP) is 7.74. The molecule has 0 spiro atoms. The Morgan fingerprint density at radius 1 is 0.759 bits per heavy atom. The predicted molar refractivity (Wildman–Crippen MR) is 127 cm³/mol. The first-order chi connectivity index (χ1) is 14.0. The van der Waals surface area contributed by atoms with Crippen LogP contribution in [0.25, 0.3) is 0 Å². The Hall–Kier alpha value is -0.830. The molecule has 29 heavy (non-hydrogen) atoms. The van der Waals surface area contributed by atoms with Crippen molar-refractivity contribution in [3.8, 4) is 0 Å². The Kier molecular flexibility index (Phi) is 18.6. The molecule has 0 radical (unpaired) electrons. The van der Waals surface area contributed by atoms with Crippen LogP contribution in [0.3, 0.4) is 0 Å². The average molecular weight is 410 g/mol. The van der Waals surface area contributed by atoms with Gasteiger partial charge in [0.25, 0.3) is 0 Å². The van der Waals surface area contributed by atoms with E-state index in [9.17, 15) is 4.79 Å². The lowest BCUT2D eigenvalue weighted by atomic mass is 9.82. The number of carbonyl (C=O) groups is 1. The van der Waals surface area contributed by atoms with Gasteiger partial charge in [0, 0.05) is 17.7 Å². The van der Waals surface area contributed by atoms with E-state index in [2.05, 4.69) is 32.7 Å². The number of nitrogens with one attached hydrogen (secondary N) is 1. The molecule has 0 unspecified atom stereocenters. The van der Waals surface area contributed by atoms with Crippen molar-refractivity contribution in [1.29, 1.82) is 0 Å². The van der Waals surface area contributed by atoms with Gasteiger partial charge in [0.1, 0.15) is 6.61 Å². The molecule has 0 fully saturated rings. The second kappa shape index (κ2) is 19.2. The second-order valence-corrected chi connectivity index (χ2v) is 8.91. The van der Waals surface area contributed by atoms with Gasteiger partial charge in [0.2, 0.25) is 0 Å². The quantitative estimate of drug-likeness (QED) is 0.120. The zero-order valence-electron chi connectivity index (χ0n) is 20.3. The van der Waals surface area contributed by atoms with Crippen LogP contribution in [0, 0.1) is 0 Å². The highest BCUT2D eigenvalue weighted by Crippen LogP contribution is 2.28. The van der Waals surface area contributed by atoms with Gasteiger partial charge in [-0.1, -0.05) is 111 Å². The maximum Gasteiger partial charge on any atom is 0.333 e. The molecule has 0 aromatic carbocycles. The summed E-state index contributed by atoms with van der Waals surface area (Å²) in [6, 6.07) is 0. The van der Waals surface area contributed by atoms with Gasteiger partial charge < -0.3 is 10.1 Å². The fraction of sp³-hybridized carbons (Fsp3) is 0.885. The lowest BCUT2D eigenvalue weighted by Gasteiger charge is -2.36. The van der Waals surface area contributed by atoms with Gasteiger partial charge in [-0.05, 0) is 26.2 Å². The van der Waals surface area contributed by atoms with Gasteiger partial charge in [-0.3, -0.25) is 0 Å². The van der Waals surface area contributed by atoms with Gasteiger partial charge >= 0.3 is 5.97 Å².